The van der Waals surface area contributed by atoms with Crippen LogP contribution >= 0.6 is 48.0 Å². The molecule has 4 saturated heterocycles. The molecule has 19 nitrogen and oxygen atoms in total. The van der Waals surface area contributed by atoms with Crippen molar-refractivity contribution in [3.8, 4) is 0 Å². The van der Waals surface area contributed by atoms with Gasteiger partial charge in [0, 0.05) is 26.9 Å². The summed E-state index contributed by atoms with van der Waals surface area (Å²) in [5.74, 6) is 0.462. The minimum absolute atomic E-state index is 0.201. The van der Waals surface area contributed by atoms with Crippen LogP contribution < -0.4 is 21.3 Å². The molecular weight excluding hydrogens is 1160 g/mol. The molecule has 6 amide bonds. The van der Waals surface area contributed by atoms with Gasteiger partial charge in [-0.2, -0.15) is 0 Å². The van der Waals surface area contributed by atoms with Crippen molar-refractivity contribution in [2.75, 3.05) is 52.0 Å². The van der Waals surface area contributed by atoms with Gasteiger partial charge in [0.1, 0.15) is 35.4 Å². The molecule has 12 atom stereocenters. The molecule has 0 bridgehead atoms. The van der Waals surface area contributed by atoms with Crippen LogP contribution in [0.3, 0.4) is 0 Å². The van der Waals surface area contributed by atoms with Gasteiger partial charge in [-0.05, 0) is 126 Å². The zero-order valence-electron chi connectivity index (χ0n) is 51.9. The van der Waals surface area contributed by atoms with E-state index in [0.717, 1.165) is 22.3 Å². The molecule has 4 fully saturated rings. The number of rotatable bonds is 18. The molecule has 0 aromatic heterocycles. The highest BCUT2D eigenvalue weighted by Gasteiger charge is 2.57. The lowest BCUT2D eigenvalue weighted by Gasteiger charge is -2.36. The van der Waals surface area contributed by atoms with Gasteiger partial charge in [-0.1, -0.05) is 101 Å². The van der Waals surface area contributed by atoms with Crippen LogP contribution in [0.2, 0.25) is 0 Å². The van der Waals surface area contributed by atoms with E-state index in [9.17, 15) is 28.8 Å². The first-order valence-corrected chi connectivity index (χ1v) is 32.8. The Bertz CT molecular complexity index is 2640. The highest BCUT2D eigenvalue weighted by molar-refractivity contribution is 8.00. The van der Waals surface area contributed by atoms with Crippen LogP contribution in [-0.2, 0) is 55.7 Å². The molecule has 0 radical (unpaired) electrons. The third-order valence-electron chi connectivity index (χ3n) is 17.1. The van der Waals surface area contributed by atoms with Gasteiger partial charge in [-0.3, -0.25) is 19.2 Å². The van der Waals surface area contributed by atoms with Crippen molar-refractivity contribution in [3.63, 3.8) is 0 Å². The fourth-order valence-electron chi connectivity index (χ4n) is 12.5. The van der Waals surface area contributed by atoms with E-state index >= 15 is 0 Å². The Hall–Kier alpha value is -4.78. The Balaban J connectivity index is 0.852. The largest absolute Gasteiger partial charge is 0.444 e. The fraction of sp³-hybridized carbons (Fsp3) is 0.677. The van der Waals surface area contributed by atoms with Gasteiger partial charge in [0.25, 0.3) is 0 Å². The number of nitrogens with one attached hydrogen (secondary N) is 4. The van der Waals surface area contributed by atoms with Crippen molar-refractivity contribution in [2.45, 2.75) is 204 Å². The molecule has 2 aromatic rings. The van der Waals surface area contributed by atoms with Gasteiger partial charge in [-0.15, -0.1) is 23.5 Å². The lowest BCUT2D eigenvalue weighted by Crippen LogP contribution is -2.58. The average Bonchev–Trinajstić information content (AvgIpc) is 1.78. The van der Waals surface area contributed by atoms with Gasteiger partial charge in [0.05, 0.1) is 83.5 Å². The Kier molecular flexibility index (Phi) is 20.9. The number of nitrogens with zero attached hydrogens (tertiary/aromatic N) is 4. The first-order chi connectivity index (χ1) is 39.9. The summed E-state index contributed by atoms with van der Waals surface area (Å²) in [7, 11) is 3.24. The summed E-state index contributed by atoms with van der Waals surface area (Å²) < 4.78 is 30.3. The van der Waals surface area contributed by atoms with Crippen LogP contribution in [0.1, 0.15) is 143 Å². The van der Waals surface area contributed by atoms with Gasteiger partial charge in [-0.25, -0.2) is 9.59 Å². The number of benzene rings is 2. The fourth-order valence-corrected chi connectivity index (χ4v) is 16.2. The lowest BCUT2D eigenvalue weighted by atomic mass is 9.83. The first kappa shape index (κ1) is 66.2. The number of carbonyl (C=O) groups excluding carboxylic acids is 6. The number of hydrogen-bond donors (Lipinski definition) is 4. The maximum Gasteiger partial charge on any atom is 0.410 e. The number of ether oxygens (including phenoxy) is 5. The van der Waals surface area contributed by atoms with E-state index in [0.29, 0.717) is 60.0 Å². The van der Waals surface area contributed by atoms with E-state index in [1.54, 1.807) is 103 Å². The molecule has 23 heteroatoms. The van der Waals surface area contributed by atoms with Crippen LogP contribution in [0.15, 0.2) is 48.5 Å². The molecular formula is C62H90N8O11S4. The minimum atomic E-state index is -0.769. The number of hydrogen-bond acceptors (Lipinski definition) is 15. The molecule has 468 valence electrons. The van der Waals surface area contributed by atoms with Crippen molar-refractivity contribution >= 4 is 93.8 Å². The molecule has 4 heterocycles. The summed E-state index contributed by atoms with van der Waals surface area (Å²) in [6.45, 7) is 23.6. The van der Waals surface area contributed by atoms with Crippen LogP contribution in [0.4, 0.5) is 9.59 Å². The summed E-state index contributed by atoms with van der Waals surface area (Å²) in [4.78, 5) is 91.8. The molecule has 4 aliphatic heterocycles. The topological polar surface area (TPSA) is 210 Å². The molecule has 2 aromatic carbocycles. The molecule has 0 unspecified atom stereocenters. The highest BCUT2D eigenvalue weighted by atomic mass is 32.2. The maximum atomic E-state index is 14.8. The molecule has 8 rings (SSSR count). The van der Waals surface area contributed by atoms with Crippen LogP contribution in [-0.4, -0.2) is 188 Å². The van der Waals surface area contributed by atoms with Gasteiger partial charge < -0.3 is 64.6 Å². The third-order valence-corrected chi connectivity index (χ3v) is 20.5. The lowest BCUT2D eigenvalue weighted by molar-refractivity contribution is -0.143. The summed E-state index contributed by atoms with van der Waals surface area (Å²) in [6, 6.07) is 11.0. The van der Waals surface area contributed by atoms with E-state index in [1.165, 1.54) is 9.80 Å². The Morgan fingerprint density at radius 2 is 0.976 bits per heavy atom. The number of amides is 6. The average molecular weight is 1250 g/mol. The smallest absolute Gasteiger partial charge is 0.410 e. The van der Waals surface area contributed by atoms with Gasteiger partial charge in [0.2, 0.25) is 23.6 Å². The third kappa shape index (κ3) is 15.4. The van der Waals surface area contributed by atoms with Gasteiger partial charge >= 0.3 is 12.2 Å². The number of thiocarbonyl (C=S) groups is 2. The normalized spacial score (nSPS) is 27.4. The first-order valence-electron chi connectivity index (χ1n) is 29.8. The summed E-state index contributed by atoms with van der Waals surface area (Å²) >= 11 is 14.9. The maximum absolute atomic E-state index is 14.8. The second-order valence-electron chi connectivity index (χ2n) is 26.8. The minimum Gasteiger partial charge on any atom is -0.444 e. The van der Waals surface area contributed by atoms with E-state index in [1.807, 2.05) is 64.1 Å². The number of likely N-dealkylation sites (N-methyl/N-ethyl adjacent to an activating group) is 2. The van der Waals surface area contributed by atoms with Crippen molar-refractivity contribution in [3.05, 3.63) is 70.8 Å². The van der Waals surface area contributed by atoms with Crippen molar-refractivity contribution < 1.29 is 52.5 Å². The zero-order chi connectivity index (χ0) is 62.1. The zero-order valence-corrected chi connectivity index (χ0v) is 55.2. The molecule has 6 aliphatic rings. The number of carbonyl (C=O) groups is 6. The quantitative estimate of drug-likeness (QED) is 0.0827. The summed E-state index contributed by atoms with van der Waals surface area (Å²) in [6.07, 6.45) is 1.61. The molecule has 85 heavy (non-hydrogen) atoms. The predicted molar refractivity (Wildman–Crippen MR) is 338 cm³/mol. The van der Waals surface area contributed by atoms with Crippen LogP contribution in [0.5, 0.6) is 0 Å². The Morgan fingerprint density at radius 3 is 1.34 bits per heavy atom. The highest BCUT2D eigenvalue weighted by Crippen LogP contribution is 2.49. The monoisotopic (exact) mass is 1250 g/mol. The molecule has 2 aliphatic carbocycles. The predicted octanol–water partition coefficient (Wildman–Crippen LogP) is 7.86. The van der Waals surface area contributed by atoms with E-state index in [-0.39, 0.29) is 60.8 Å². The Morgan fingerprint density at radius 1 is 0.612 bits per heavy atom. The standard InChI is InChI=1S/C62H90N8O11S4/c1-35(67(13)57(75)80-59(3,4)5)53(82)63-41-23-29-84-45-33-61(9,10)49(69(45)55(41)73)51(71)65-47-39-21-17-15-19-37(39)31-43(47)78-27-25-77-26-28-79-44-32-38-20-16-18-22-40(38)48(44)66-52(72)50-62(11,12)34-46-70(50)56(74)42(24-30-85-46)64-54(83)36(2)68(14)58(76)81-60(6,7)8/h15-22,35-36,41-50H,23-34H2,1-14H3,(H,63,82)(H,64,83)(H,65,71)(H,66,72)/t35-,36-,41-,42-,43+,44+,45-,46-,47-,48-,49+,50+/m0/s1. The van der Waals surface area contributed by atoms with Crippen LogP contribution in [0.25, 0.3) is 0 Å². The van der Waals surface area contributed by atoms with E-state index in [4.69, 9.17) is 48.1 Å². The molecule has 0 spiro atoms. The van der Waals surface area contributed by atoms with E-state index < -0.39 is 94.8 Å². The SMILES string of the molecule is C[C@@H](C(=S)N[C@H]1CCS[C@H]2CC(C)(C)[C@@H](C(=O)N[C@H]3c4ccccc4C[C@H]3OCCOCCO[C@@H]3Cc4ccccc4[C@@H]3NC(=O)[C@H]3N4C(=O)[C@@H](NC(=S)[C@H](C)N(C)C(=O)OC(C)(C)C)CCS[C@H]4CC3(C)C)N2C1=O)N(C)C(=O)OC(C)(C)C. The van der Waals surface area contributed by atoms with E-state index in [2.05, 4.69) is 33.4 Å². The summed E-state index contributed by atoms with van der Waals surface area (Å²) in [5.41, 5.74) is 1.62. The van der Waals surface area contributed by atoms with Gasteiger partial charge in [0.15, 0.2) is 0 Å². The van der Waals surface area contributed by atoms with Crippen molar-refractivity contribution in [2.24, 2.45) is 10.8 Å². The molecule has 0 saturated carbocycles. The number of thioether (sulfide) groups is 2. The second kappa shape index (κ2) is 26.9. The summed E-state index contributed by atoms with van der Waals surface area (Å²) in [5, 5.41) is 12.8. The van der Waals surface area contributed by atoms with Crippen molar-refractivity contribution in [1.29, 1.82) is 0 Å². The Labute approximate surface area is 521 Å². The molecule has 4 N–H and O–H groups in total. The number of fused-ring (bicyclic) bond motifs is 4. The van der Waals surface area contributed by atoms with Crippen molar-refractivity contribution in [1.82, 2.24) is 40.9 Å². The second-order valence-corrected chi connectivity index (χ2v) is 30.2. The van der Waals surface area contributed by atoms with Crippen LogP contribution in [0, 0.1) is 10.8 Å².